The van der Waals surface area contributed by atoms with Crippen LogP contribution < -0.4 is 14.4 Å². The summed E-state index contributed by atoms with van der Waals surface area (Å²) in [7, 11) is 0. The highest BCUT2D eigenvalue weighted by molar-refractivity contribution is 5.79. The zero-order chi connectivity index (χ0) is 19.0. The Hall–Kier alpha value is -3.43. The summed E-state index contributed by atoms with van der Waals surface area (Å²) < 4.78 is 10.6. The molecule has 0 amide bonds. The Morgan fingerprint density at radius 3 is 2.67 bits per heavy atom. The molecule has 1 fully saturated rings. The van der Waals surface area contributed by atoms with Gasteiger partial charge in [-0.05, 0) is 31.0 Å². The molecule has 0 aliphatic carbocycles. The second kappa shape index (κ2) is 6.71. The summed E-state index contributed by atoms with van der Waals surface area (Å²) in [6.45, 7) is 0.874. The molecule has 0 saturated carbocycles. The number of ether oxygens (including phenoxy) is 2. The number of aromatic nitrogens is 2. The van der Waals surface area contributed by atoms with Gasteiger partial charge in [0.05, 0.1) is 10.8 Å². The van der Waals surface area contributed by atoms with Gasteiger partial charge in [-0.15, -0.1) is 0 Å². The van der Waals surface area contributed by atoms with Crippen LogP contribution in [0.25, 0.3) is 11.3 Å². The molecule has 27 heavy (non-hydrogen) atoms. The minimum Gasteiger partial charge on any atom is -0.481 e. The normalized spacial score (nSPS) is 16.4. The van der Waals surface area contributed by atoms with Crippen LogP contribution in [0, 0.1) is 16.0 Å². The molecule has 0 unspecified atom stereocenters. The molecule has 2 aromatic rings. The summed E-state index contributed by atoms with van der Waals surface area (Å²) in [4.78, 5) is 32.4. The Bertz CT molecular complexity index is 910. The van der Waals surface area contributed by atoms with E-state index in [1.807, 2.05) is 0 Å². The van der Waals surface area contributed by atoms with Crippen molar-refractivity contribution in [3.63, 3.8) is 0 Å². The number of nitrogens with zero attached hydrogens (tertiary/aromatic N) is 4. The van der Waals surface area contributed by atoms with Crippen molar-refractivity contribution in [2.24, 2.45) is 5.92 Å². The molecule has 4 rings (SSSR count). The lowest BCUT2D eigenvalue weighted by atomic mass is 9.97. The summed E-state index contributed by atoms with van der Waals surface area (Å²) in [5.41, 5.74) is 0.504. The lowest BCUT2D eigenvalue weighted by Gasteiger charge is -2.30. The molecule has 2 aliphatic heterocycles. The van der Waals surface area contributed by atoms with Crippen LogP contribution >= 0.6 is 0 Å². The van der Waals surface area contributed by atoms with Gasteiger partial charge in [-0.2, -0.15) is 0 Å². The molecule has 10 heteroatoms. The van der Waals surface area contributed by atoms with E-state index in [2.05, 4.69) is 9.97 Å². The average molecular weight is 372 g/mol. The van der Waals surface area contributed by atoms with Crippen molar-refractivity contribution in [2.45, 2.75) is 12.8 Å². The maximum Gasteiger partial charge on any atom is 0.337 e. The minimum atomic E-state index is -0.840. The molecule has 1 saturated heterocycles. The van der Waals surface area contributed by atoms with Crippen LogP contribution in [0.5, 0.6) is 11.5 Å². The van der Waals surface area contributed by atoms with Crippen LogP contribution in [0.1, 0.15) is 12.8 Å². The van der Waals surface area contributed by atoms with E-state index in [1.54, 1.807) is 23.1 Å². The molecule has 0 atom stereocenters. The van der Waals surface area contributed by atoms with Crippen molar-refractivity contribution >= 4 is 17.5 Å². The molecule has 10 nitrogen and oxygen atoms in total. The Labute approximate surface area is 153 Å². The predicted octanol–water partition coefficient (Wildman–Crippen LogP) is 2.08. The number of hydrogen-bond acceptors (Lipinski definition) is 8. The van der Waals surface area contributed by atoms with Crippen molar-refractivity contribution < 1.29 is 24.3 Å². The van der Waals surface area contributed by atoms with Gasteiger partial charge in [-0.3, -0.25) is 14.9 Å². The number of benzene rings is 1. The summed E-state index contributed by atoms with van der Waals surface area (Å²) in [5.74, 6) is 0.00511. The quantitative estimate of drug-likeness (QED) is 0.633. The van der Waals surface area contributed by atoms with Crippen LogP contribution in [0.2, 0.25) is 0 Å². The van der Waals surface area contributed by atoms with Crippen LogP contribution in [0.4, 0.5) is 11.5 Å². The number of carbonyl (C=O) groups is 1. The summed E-state index contributed by atoms with van der Waals surface area (Å²) >= 11 is 0. The van der Waals surface area contributed by atoms with Gasteiger partial charge >= 0.3 is 11.7 Å². The fourth-order valence-corrected chi connectivity index (χ4v) is 3.36. The van der Waals surface area contributed by atoms with Crippen molar-refractivity contribution in [3.8, 4) is 22.8 Å². The zero-order valence-electron chi connectivity index (χ0n) is 14.2. The van der Waals surface area contributed by atoms with E-state index in [4.69, 9.17) is 14.6 Å². The smallest absolute Gasteiger partial charge is 0.337 e. The molecule has 0 spiro atoms. The van der Waals surface area contributed by atoms with Gasteiger partial charge in [0.2, 0.25) is 12.6 Å². The first kappa shape index (κ1) is 17.0. The minimum absolute atomic E-state index is 0.106. The standard InChI is InChI=1S/C17H16N4O6/c22-17(23)10-3-5-20(6-4-10)16-15(21(24)25)14(18-8-19-16)11-1-2-12-13(7-11)27-9-26-12/h1-2,7-8,10H,3-6,9H2,(H,22,23). The second-order valence-electron chi connectivity index (χ2n) is 6.32. The number of piperidine rings is 1. The molecule has 1 aromatic heterocycles. The van der Waals surface area contributed by atoms with Gasteiger partial charge in [-0.1, -0.05) is 0 Å². The first-order valence-electron chi connectivity index (χ1n) is 8.41. The predicted molar refractivity (Wildman–Crippen MR) is 92.8 cm³/mol. The van der Waals surface area contributed by atoms with Gasteiger partial charge < -0.3 is 19.5 Å². The molecule has 140 valence electrons. The van der Waals surface area contributed by atoms with Crippen molar-refractivity contribution in [1.29, 1.82) is 0 Å². The van der Waals surface area contributed by atoms with Crippen LogP contribution in [-0.4, -0.2) is 45.8 Å². The van der Waals surface area contributed by atoms with Gasteiger partial charge in [0.15, 0.2) is 17.2 Å². The third kappa shape index (κ3) is 3.09. The fourth-order valence-electron chi connectivity index (χ4n) is 3.36. The van der Waals surface area contributed by atoms with E-state index >= 15 is 0 Å². The Balaban J connectivity index is 1.71. The third-order valence-corrected chi connectivity index (χ3v) is 4.78. The molecule has 0 radical (unpaired) electrons. The van der Waals surface area contributed by atoms with Crippen LogP contribution in [-0.2, 0) is 4.79 Å². The van der Waals surface area contributed by atoms with Gasteiger partial charge in [-0.25, -0.2) is 9.97 Å². The van der Waals surface area contributed by atoms with E-state index in [1.165, 1.54) is 6.33 Å². The molecule has 2 aliphatic rings. The third-order valence-electron chi connectivity index (χ3n) is 4.78. The van der Waals surface area contributed by atoms with Crippen LogP contribution in [0.3, 0.4) is 0 Å². The number of carboxylic acids is 1. The lowest BCUT2D eigenvalue weighted by molar-refractivity contribution is -0.383. The lowest BCUT2D eigenvalue weighted by Crippen LogP contribution is -2.37. The summed E-state index contributed by atoms with van der Waals surface area (Å²) in [6, 6.07) is 5.02. The summed E-state index contributed by atoms with van der Waals surface area (Å²) in [5, 5.41) is 20.9. The average Bonchev–Trinajstić information content (AvgIpc) is 3.15. The first-order valence-corrected chi connectivity index (χ1v) is 8.41. The Morgan fingerprint density at radius 1 is 1.22 bits per heavy atom. The van der Waals surface area contributed by atoms with Gasteiger partial charge in [0.25, 0.3) is 0 Å². The number of fused-ring (bicyclic) bond motifs is 1. The number of anilines is 1. The first-order chi connectivity index (χ1) is 13.0. The van der Waals surface area contributed by atoms with Crippen molar-refractivity contribution in [1.82, 2.24) is 9.97 Å². The largest absolute Gasteiger partial charge is 0.481 e. The highest BCUT2D eigenvalue weighted by Gasteiger charge is 2.32. The van der Waals surface area contributed by atoms with E-state index in [0.717, 1.165) is 0 Å². The molecule has 3 heterocycles. The second-order valence-corrected chi connectivity index (χ2v) is 6.32. The van der Waals surface area contributed by atoms with Gasteiger partial charge in [0.1, 0.15) is 6.33 Å². The van der Waals surface area contributed by atoms with Crippen molar-refractivity contribution in [3.05, 3.63) is 34.6 Å². The monoisotopic (exact) mass is 372 g/mol. The zero-order valence-corrected chi connectivity index (χ0v) is 14.2. The maximum atomic E-state index is 11.8. The number of nitro groups is 1. The molecular formula is C17H16N4O6. The molecule has 0 bridgehead atoms. The topological polar surface area (TPSA) is 128 Å². The SMILES string of the molecule is O=C(O)C1CCN(c2ncnc(-c3ccc4c(c3)OCO4)c2[N+](=O)[O-])CC1. The van der Waals surface area contributed by atoms with E-state index in [0.29, 0.717) is 43.0 Å². The number of aliphatic carboxylic acids is 1. The number of rotatable bonds is 4. The highest BCUT2D eigenvalue weighted by Crippen LogP contribution is 2.40. The Kier molecular flexibility index (Phi) is 4.22. The molecule has 1 aromatic carbocycles. The van der Waals surface area contributed by atoms with Crippen LogP contribution in [0.15, 0.2) is 24.5 Å². The van der Waals surface area contributed by atoms with E-state index in [9.17, 15) is 14.9 Å². The fraction of sp³-hybridized carbons (Fsp3) is 0.353. The summed E-state index contributed by atoms with van der Waals surface area (Å²) in [6.07, 6.45) is 2.11. The Morgan fingerprint density at radius 2 is 1.96 bits per heavy atom. The van der Waals surface area contributed by atoms with E-state index in [-0.39, 0.29) is 24.0 Å². The molecule has 1 N–H and O–H groups in total. The number of carboxylic acid groups (broad SMARTS) is 1. The maximum absolute atomic E-state index is 11.8. The number of hydrogen-bond donors (Lipinski definition) is 1. The highest BCUT2D eigenvalue weighted by atomic mass is 16.7. The molecular weight excluding hydrogens is 356 g/mol. The van der Waals surface area contributed by atoms with Gasteiger partial charge in [0, 0.05) is 18.7 Å². The van der Waals surface area contributed by atoms with Crippen molar-refractivity contribution in [2.75, 3.05) is 24.8 Å². The van der Waals surface area contributed by atoms with E-state index < -0.39 is 16.8 Å².